The number of carboxylic acid groups (broad SMARTS) is 1. The number of nitrogens with one attached hydrogen (secondary N) is 2. The first-order valence-corrected chi connectivity index (χ1v) is 9.85. The standard InChI is InChI=1S/C21H17Cl2N3O6/c1-10-17(20(28)29)18(26-21(30)25-10)12-8-13(22)19(14(9-12)31-2)32-16(27)4-3-11-5-6-24-15(23)7-11/h3-9,18H,1-2H3,(H,28,29)(H2,25,26,30). The Kier molecular flexibility index (Phi) is 7.01. The van der Waals surface area contributed by atoms with E-state index in [1.165, 1.54) is 44.5 Å². The van der Waals surface area contributed by atoms with Gasteiger partial charge in [0.1, 0.15) is 5.15 Å². The van der Waals surface area contributed by atoms with Gasteiger partial charge in [0.25, 0.3) is 0 Å². The normalized spacial score (nSPS) is 15.9. The summed E-state index contributed by atoms with van der Waals surface area (Å²) in [5.41, 5.74) is 1.10. The second kappa shape index (κ2) is 9.71. The zero-order chi connectivity index (χ0) is 23.4. The number of pyridine rings is 1. The third-order valence-electron chi connectivity index (χ3n) is 4.45. The van der Waals surface area contributed by atoms with Gasteiger partial charge in [-0.1, -0.05) is 23.2 Å². The number of ether oxygens (including phenoxy) is 2. The lowest BCUT2D eigenvalue weighted by atomic mass is 9.95. The molecule has 2 aromatic rings. The van der Waals surface area contributed by atoms with Gasteiger partial charge in [0.05, 0.1) is 23.7 Å². The van der Waals surface area contributed by atoms with Crippen molar-refractivity contribution in [3.63, 3.8) is 0 Å². The fraction of sp³-hybridized carbons (Fsp3) is 0.143. The van der Waals surface area contributed by atoms with Crippen LogP contribution < -0.4 is 20.1 Å². The van der Waals surface area contributed by atoms with Crippen molar-refractivity contribution in [1.82, 2.24) is 15.6 Å². The average Bonchev–Trinajstić information content (AvgIpc) is 2.72. The molecule has 9 nitrogen and oxygen atoms in total. The van der Waals surface area contributed by atoms with Gasteiger partial charge in [-0.15, -0.1) is 0 Å². The van der Waals surface area contributed by atoms with E-state index in [9.17, 15) is 19.5 Å². The molecule has 0 saturated carbocycles. The smallest absolute Gasteiger partial charge is 0.336 e. The van der Waals surface area contributed by atoms with E-state index in [1.54, 1.807) is 12.1 Å². The summed E-state index contributed by atoms with van der Waals surface area (Å²) in [7, 11) is 1.34. The Morgan fingerprint density at radius 2 is 2.00 bits per heavy atom. The van der Waals surface area contributed by atoms with Crippen LogP contribution in [0.5, 0.6) is 11.5 Å². The molecular weight excluding hydrogens is 461 g/mol. The molecule has 0 bridgehead atoms. The summed E-state index contributed by atoms with van der Waals surface area (Å²) in [6, 6.07) is 4.49. The molecule has 0 aliphatic carbocycles. The predicted octanol–water partition coefficient (Wildman–Crippen LogP) is 3.73. The Balaban J connectivity index is 1.90. The first-order valence-electron chi connectivity index (χ1n) is 9.10. The Morgan fingerprint density at radius 3 is 2.66 bits per heavy atom. The van der Waals surface area contributed by atoms with Gasteiger partial charge in [0, 0.05) is 18.0 Å². The van der Waals surface area contributed by atoms with Gasteiger partial charge < -0.3 is 25.2 Å². The number of carbonyl (C=O) groups excluding carboxylic acids is 2. The van der Waals surface area contributed by atoms with Gasteiger partial charge in [-0.05, 0) is 48.4 Å². The molecule has 11 heteroatoms. The Hall–Kier alpha value is -3.56. The van der Waals surface area contributed by atoms with Crippen molar-refractivity contribution in [2.24, 2.45) is 0 Å². The SMILES string of the molecule is COc1cc(C2NC(=O)NC(C)=C2C(=O)O)cc(Cl)c1OC(=O)C=Cc1ccnc(Cl)c1. The van der Waals surface area contributed by atoms with E-state index >= 15 is 0 Å². The van der Waals surface area contributed by atoms with Crippen molar-refractivity contribution in [2.75, 3.05) is 7.11 Å². The fourth-order valence-corrected chi connectivity index (χ4v) is 3.49. The van der Waals surface area contributed by atoms with Gasteiger partial charge >= 0.3 is 18.0 Å². The minimum Gasteiger partial charge on any atom is -0.493 e. The highest BCUT2D eigenvalue weighted by Crippen LogP contribution is 2.40. The number of rotatable bonds is 6. The number of halogens is 2. The van der Waals surface area contributed by atoms with Crippen LogP contribution in [0.25, 0.3) is 6.08 Å². The van der Waals surface area contributed by atoms with Crippen LogP contribution in [0.1, 0.15) is 24.1 Å². The highest BCUT2D eigenvalue weighted by Gasteiger charge is 2.32. The third-order valence-corrected chi connectivity index (χ3v) is 4.94. The maximum Gasteiger partial charge on any atom is 0.336 e. The first kappa shape index (κ1) is 23.1. The molecular formula is C21H17Cl2N3O6. The number of urea groups is 1. The number of nitrogens with zero attached hydrogens (tertiary/aromatic N) is 1. The van der Waals surface area contributed by atoms with Gasteiger partial charge in [-0.2, -0.15) is 0 Å². The van der Waals surface area contributed by atoms with E-state index < -0.39 is 24.0 Å². The van der Waals surface area contributed by atoms with Crippen molar-refractivity contribution in [1.29, 1.82) is 0 Å². The van der Waals surface area contributed by atoms with Crippen LogP contribution in [0, 0.1) is 0 Å². The van der Waals surface area contributed by atoms with Gasteiger partial charge in [-0.3, -0.25) is 0 Å². The molecule has 3 N–H and O–H groups in total. The van der Waals surface area contributed by atoms with Crippen LogP contribution in [-0.2, 0) is 9.59 Å². The van der Waals surface area contributed by atoms with E-state index in [2.05, 4.69) is 15.6 Å². The van der Waals surface area contributed by atoms with Crippen molar-refractivity contribution in [3.8, 4) is 11.5 Å². The lowest BCUT2D eigenvalue weighted by Gasteiger charge is -2.27. The molecule has 1 aromatic carbocycles. The number of hydrogen-bond donors (Lipinski definition) is 3. The number of allylic oxidation sites excluding steroid dienone is 1. The highest BCUT2D eigenvalue weighted by molar-refractivity contribution is 6.32. The summed E-state index contributed by atoms with van der Waals surface area (Å²) in [5, 5.41) is 14.8. The Labute approximate surface area is 192 Å². The quantitative estimate of drug-likeness (QED) is 0.250. The van der Waals surface area contributed by atoms with Crippen LogP contribution in [0.2, 0.25) is 10.2 Å². The minimum absolute atomic E-state index is 0.0109. The topological polar surface area (TPSA) is 127 Å². The molecule has 1 atom stereocenters. The van der Waals surface area contributed by atoms with E-state index in [0.717, 1.165) is 0 Å². The monoisotopic (exact) mass is 477 g/mol. The molecule has 166 valence electrons. The van der Waals surface area contributed by atoms with E-state index in [-0.39, 0.29) is 32.9 Å². The zero-order valence-electron chi connectivity index (χ0n) is 16.8. The summed E-state index contributed by atoms with van der Waals surface area (Å²) in [5.74, 6) is -1.93. The number of amides is 2. The average molecular weight is 478 g/mol. The first-order chi connectivity index (χ1) is 15.2. The number of carboxylic acids is 1. The molecule has 1 aromatic heterocycles. The number of aliphatic carboxylic acids is 1. The maximum atomic E-state index is 12.3. The third kappa shape index (κ3) is 5.19. The van der Waals surface area contributed by atoms with Crippen molar-refractivity contribution in [3.05, 3.63) is 69.1 Å². The van der Waals surface area contributed by atoms with E-state index in [4.69, 9.17) is 32.7 Å². The van der Waals surface area contributed by atoms with Gasteiger partial charge in [0.15, 0.2) is 11.5 Å². The summed E-state index contributed by atoms with van der Waals surface area (Å²) in [6.45, 7) is 1.48. The number of methoxy groups -OCH3 is 1. The zero-order valence-corrected chi connectivity index (χ0v) is 18.3. The minimum atomic E-state index is -1.22. The molecule has 2 heterocycles. The van der Waals surface area contributed by atoms with E-state index in [1.807, 2.05) is 0 Å². The molecule has 3 rings (SSSR count). The molecule has 0 saturated heterocycles. The van der Waals surface area contributed by atoms with Gasteiger partial charge in [0.2, 0.25) is 0 Å². The fourth-order valence-electron chi connectivity index (χ4n) is 3.05. The summed E-state index contributed by atoms with van der Waals surface area (Å²) in [4.78, 5) is 39.7. The van der Waals surface area contributed by atoms with Crippen molar-refractivity contribution >= 4 is 47.2 Å². The number of benzene rings is 1. The largest absolute Gasteiger partial charge is 0.493 e. The molecule has 1 aliphatic heterocycles. The molecule has 1 aliphatic rings. The van der Waals surface area contributed by atoms with E-state index in [0.29, 0.717) is 11.1 Å². The lowest BCUT2D eigenvalue weighted by molar-refractivity contribution is -0.133. The molecule has 1 unspecified atom stereocenters. The second-order valence-corrected chi connectivity index (χ2v) is 7.37. The predicted molar refractivity (Wildman–Crippen MR) is 117 cm³/mol. The van der Waals surface area contributed by atoms with Crippen LogP contribution >= 0.6 is 23.2 Å². The molecule has 2 amide bonds. The van der Waals surface area contributed by atoms with Crippen LogP contribution in [0.15, 0.2) is 47.8 Å². The number of aromatic nitrogens is 1. The Bertz CT molecular complexity index is 1160. The highest BCUT2D eigenvalue weighted by atomic mass is 35.5. The van der Waals surface area contributed by atoms with Crippen LogP contribution in [0.3, 0.4) is 0 Å². The molecule has 0 radical (unpaired) electrons. The number of esters is 1. The van der Waals surface area contributed by atoms with Crippen molar-refractivity contribution < 1.29 is 29.0 Å². The molecule has 0 fully saturated rings. The van der Waals surface area contributed by atoms with Crippen LogP contribution in [-0.4, -0.2) is 35.2 Å². The lowest BCUT2D eigenvalue weighted by Crippen LogP contribution is -2.45. The summed E-state index contributed by atoms with van der Waals surface area (Å²) in [6.07, 6.45) is 4.16. The number of carbonyl (C=O) groups is 3. The van der Waals surface area contributed by atoms with Crippen molar-refractivity contribution in [2.45, 2.75) is 13.0 Å². The maximum absolute atomic E-state index is 12.3. The second-order valence-electron chi connectivity index (χ2n) is 6.58. The Morgan fingerprint density at radius 1 is 1.25 bits per heavy atom. The summed E-state index contributed by atoms with van der Waals surface area (Å²) < 4.78 is 10.6. The number of hydrogen-bond acceptors (Lipinski definition) is 6. The summed E-state index contributed by atoms with van der Waals surface area (Å²) >= 11 is 12.1. The molecule has 0 spiro atoms. The van der Waals surface area contributed by atoms with Crippen LogP contribution in [0.4, 0.5) is 4.79 Å². The molecule has 32 heavy (non-hydrogen) atoms. The van der Waals surface area contributed by atoms with Gasteiger partial charge in [-0.25, -0.2) is 19.4 Å².